The van der Waals surface area contributed by atoms with E-state index in [4.69, 9.17) is 5.26 Å². The average Bonchev–Trinajstić information content (AvgIpc) is 2.39. The maximum absolute atomic E-state index is 13.0. The fraction of sp³-hybridized carbons (Fsp3) is 0.133. The van der Waals surface area contributed by atoms with Gasteiger partial charge < -0.3 is 0 Å². The second-order valence-corrected chi connectivity index (χ2v) is 4.92. The lowest BCUT2D eigenvalue weighted by atomic mass is 10.2. The van der Waals surface area contributed by atoms with Crippen molar-refractivity contribution in [2.24, 2.45) is 0 Å². The summed E-state index contributed by atoms with van der Waals surface area (Å²) in [5, 5.41) is 8.80. The highest BCUT2D eigenvalue weighted by Crippen LogP contribution is 2.18. The van der Waals surface area contributed by atoms with Gasteiger partial charge in [-0.05, 0) is 35.4 Å². The van der Waals surface area contributed by atoms with Gasteiger partial charge in [0.1, 0.15) is 5.82 Å². The van der Waals surface area contributed by atoms with Crippen LogP contribution in [0.3, 0.4) is 0 Å². The Kier molecular flexibility index (Phi) is 4.38. The highest BCUT2D eigenvalue weighted by Gasteiger charge is 1.98. The highest BCUT2D eigenvalue weighted by atomic mass is 32.2. The van der Waals surface area contributed by atoms with Gasteiger partial charge in [0.15, 0.2) is 0 Å². The Morgan fingerprint density at radius 2 is 1.67 bits per heavy atom. The normalized spacial score (nSPS) is 10.0. The third-order valence-corrected chi connectivity index (χ3v) is 3.56. The molecule has 0 saturated heterocycles. The lowest BCUT2D eigenvalue weighted by Crippen LogP contribution is -1.85. The zero-order valence-corrected chi connectivity index (χ0v) is 10.6. The number of hydrogen-bond donors (Lipinski definition) is 0. The molecule has 2 rings (SSSR count). The summed E-state index contributed by atoms with van der Waals surface area (Å²) >= 11 is 1.71. The third kappa shape index (κ3) is 3.61. The second-order valence-electron chi connectivity index (χ2n) is 3.93. The molecule has 0 aliphatic heterocycles. The number of nitrogens with zero attached hydrogens (tertiary/aromatic N) is 1. The molecule has 0 N–H and O–H groups in total. The molecule has 0 aliphatic rings. The van der Waals surface area contributed by atoms with Crippen molar-refractivity contribution >= 4 is 11.8 Å². The average molecular weight is 257 g/mol. The number of hydrogen-bond acceptors (Lipinski definition) is 2. The van der Waals surface area contributed by atoms with Crippen molar-refractivity contribution in [3.8, 4) is 6.07 Å². The third-order valence-electron chi connectivity index (χ3n) is 2.48. The number of halogens is 1. The van der Waals surface area contributed by atoms with Gasteiger partial charge >= 0.3 is 0 Å². The van der Waals surface area contributed by atoms with Crippen LogP contribution >= 0.6 is 11.8 Å². The summed E-state index contributed by atoms with van der Waals surface area (Å²) in [6.45, 7) is 0. The molecule has 0 radical (unpaired) electrons. The minimum absolute atomic E-state index is 0.195. The molecule has 2 aromatic carbocycles. The predicted molar refractivity (Wildman–Crippen MR) is 72.6 cm³/mol. The van der Waals surface area contributed by atoms with E-state index in [1.54, 1.807) is 30.0 Å². The monoisotopic (exact) mass is 257 g/mol. The van der Waals surface area contributed by atoms with Crippen LogP contribution in [0.5, 0.6) is 0 Å². The van der Waals surface area contributed by atoms with Crippen LogP contribution in [-0.4, -0.2) is 0 Å². The van der Waals surface area contributed by atoms with E-state index in [2.05, 4.69) is 6.07 Å². The van der Waals surface area contributed by atoms with Crippen LogP contribution in [0.15, 0.2) is 48.5 Å². The predicted octanol–water partition coefficient (Wildman–Crippen LogP) is 4.13. The molecule has 90 valence electrons. The van der Waals surface area contributed by atoms with E-state index in [1.165, 1.54) is 6.07 Å². The Morgan fingerprint density at radius 3 is 2.33 bits per heavy atom. The lowest BCUT2D eigenvalue weighted by molar-refractivity contribution is 0.626. The molecule has 0 fully saturated rings. The zero-order chi connectivity index (χ0) is 12.8. The van der Waals surface area contributed by atoms with E-state index in [1.807, 2.05) is 24.3 Å². The number of rotatable bonds is 4. The molecular weight excluding hydrogens is 245 g/mol. The van der Waals surface area contributed by atoms with Crippen molar-refractivity contribution in [2.45, 2.75) is 11.5 Å². The minimum atomic E-state index is -0.195. The van der Waals surface area contributed by atoms with Gasteiger partial charge in [0, 0.05) is 11.5 Å². The molecule has 0 aromatic heterocycles. The van der Waals surface area contributed by atoms with Crippen LogP contribution < -0.4 is 0 Å². The Balaban J connectivity index is 1.90. The van der Waals surface area contributed by atoms with Crippen LogP contribution in [-0.2, 0) is 11.5 Å². The molecule has 0 spiro atoms. The Hall–Kier alpha value is -1.79. The van der Waals surface area contributed by atoms with Gasteiger partial charge in [-0.25, -0.2) is 4.39 Å². The molecule has 0 bridgehead atoms. The quantitative estimate of drug-likeness (QED) is 0.822. The first-order chi connectivity index (χ1) is 8.78. The highest BCUT2D eigenvalue weighted by molar-refractivity contribution is 7.97. The first kappa shape index (κ1) is 12.7. The molecule has 0 heterocycles. The molecule has 0 amide bonds. The fourth-order valence-electron chi connectivity index (χ4n) is 1.64. The largest absolute Gasteiger partial charge is 0.207 e. The van der Waals surface area contributed by atoms with E-state index >= 15 is 0 Å². The first-order valence-electron chi connectivity index (χ1n) is 5.59. The van der Waals surface area contributed by atoms with Gasteiger partial charge in [0.2, 0.25) is 0 Å². The van der Waals surface area contributed by atoms with Gasteiger partial charge in [-0.1, -0.05) is 24.3 Å². The van der Waals surface area contributed by atoms with Crippen molar-refractivity contribution < 1.29 is 4.39 Å². The van der Waals surface area contributed by atoms with Crippen molar-refractivity contribution in [3.63, 3.8) is 0 Å². The molecule has 18 heavy (non-hydrogen) atoms. The lowest BCUT2D eigenvalue weighted by Gasteiger charge is -2.03. The molecule has 0 saturated carbocycles. The van der Waals surface area contributed by atoms with E-state index in [0.717, 1.165) is 22.6 Å². The van der Waals surface area contributed by atoms with Gasteiger partial charge in [0.05, 0.1) is 11.6 Å². The van der Waals surface area contributed by atoms with Crippen LogP contribution in [0.2, 0.25) is 0 Å². The molecular formula is C15H12FNS. The molecule has 2 aromatic rings. The maximum Gasteiger partial charge on any atom is 0.123 e. The molecule has 3 heteroatoms. The van der Waals surface area contributed by atoms with Crippen molar-refractivity contribution in [1.29, 1.82) is 5.26 Å². The topological polar surface area (TPSA) is 23.8 Å². The molecule has 1 nitrogen and oxygen atoms in total. The Bertz CT molecular complexity index is 575. The van der Waals surface area contributed by atoms with Crippen molar-refractivity contribution in [2.75, 3.05) is 0 Å². The SMILES string of the molecule is N#Cc1cccc(CSCc2cccc(F)c2)c1. The number of benzene rings is 2. The Morgan fingerprint density at radius 1 is 1.00 bits per heavy atom. The summed E-state index contributed by atoms with van der Waals surface area (Å²) in [7, 11) is 0. The van der Waals surface area contributed by atoms with Crippen LogP contribution in [0, 0.1) is 17.1 Å². The molecule has 0 aliphatic carbocycles. The first-order valence-corrected chi connectivity index (χ1v) is 6.74. The van der Waals surface area contributed by atoms with E-state index in [-0.39, 0.29) is 5.82 Å². The van der Waals surface area contributed by atoms with Gasteiger partial charge in [-0.2, -0.15) is 17.0 Å². The van der Waals surface area contributed by atoms with E-state index in [0.29, 0.717) is 5.56 Å². The summed E-state index contributed by atoms with van der Waals surface area (Å²) in [4.78, 5) is 0. The molecule has 0 atom stereocenters. The smallest absolute Gasteiger partial charge is 0.123 e. The van der Waals surface area contributed by atoms with Crippen LogP contribution in [0.1, 0.15) is 16.7 Å². The van der Waals surface area contributed by atoms with Crippen molar-refractivity contribution in [3.05, 3.63) is 71.0 Å². The second kappa shape index (κ2) is 6.23. The van der Waals surface area contributed by atoms with Crippen LogP contribution in [0.4, 0.5) is 4.39 Å². The van der Waals surface area contributed by atoms with Crippen LogP contribution in [0.25, 0.3) is 0 Å². The van der Waals surface area contributed by atoms with Crippen molar-refractivity contribution in [1.82, 2.24) is 0 Å². The van der Waals surface area contributed by atoms with Gasteiger partial charge in [-0.15, -0.1) is 0 Å². The summed E-state index contributed by atoms with van der Waals surface area (Å²) in [6.07, 6.45) is 0. The minimum Gasteiger partial charge on any atom is -0.207 e. The molecule has 0 unspecified atom stereocenters. The number of nitriles is 1. The number of thioether (sulfide) groups is 1. The van der Waals surface area contributed by atoms with Gasteiger partial charge in [0.25, 0.3) is 0 Å². The summed E-state index contributed by atoms with van der Waals surface area (Å²) in [5.74, 6) is 1.40. The Labute approximate surface area is 110 Å². The van der Waals surface area contributed by atoms with Gasteiger partial charge in [-0.3, -0.25) is 0 Å². The standard InChI is InChI=1S/C15H12FNS/c16-15-6-2-5-14(8-15)11-18-10-13-4-1-3-12(7-13)9-17/h1-8H,10-11H2. The summed E-state index contributed by atoms with van der Waals surface area (Å²) in [6, 6.07) is 16.3. The summed E-state index contributed by atoms with van der Waals surface area (Å²) < 4.78 is 13.0. The maximum atomic E-state index is 13.0. The van der Waals surface area contributed by atoms with E-state index in [9.17, 15) is 4.39 Å². The zero-order valence-electron chi connectivity index (χ0n) is 9.77. The fourth-order valence-corrected chi connectivity index (χ4v) is 2.58. The summed E-state index contributed by atoms with van der Waals surface area (Å²) in [5.41, 5.74) is 2.78. The van der Waals surface area contributed by atoms with E-state index < -0.39 is 0 Å².